The van der Waals surface area contributed by atoms with E-state index < -0.39 is 7.12 Å². The summed E-state index contributed by atoms with van der Waals surface area (Å²) < 4.78 is 6.08. The maximum Gasteiger partial charge on any atom is 0.326 e. The zero-order chi connectivity index (χ0) is 20.9. The first kappa shape index (κ1) is 20.4. The lowest BCUT2D eigenvalue weighted by Gasteiger charge is -2.28. The predicted octanol–water partition coefficient (Wildman–Crippen LogP) is 3.83. The largest absolute Gasteiger partial charge is 0.403 e. The van der Waals surface area contributed by atoms with Crippen LogP contribution in [0.5, 0.6) is 0 Å². The van der Waals surface area contributed by atoms with E-state index in [2.05, 4.69) is 99.1 Å². The normalized spacial score (nSPS) is 13.5. The molecule has 3 aromatic heterocycles. The Bertz CT molecular complexity index is 818. The van der Waals surface area contributed by atoms with Gasteiger partial charge < -0.3 is 13.8 Å². The predicted molar refractivity (Wildman–Crippen MR) is 116 cm³/mol. The Morgan fingerprint density at radius 2 is 0.786 bits per heavy atom. The van der Waals surface area contributed by atoms with E-state index in [4.69, 9.17) is 15.3 Å². The van der Waals surface area contributed by atoms with Crippen molar-refractivity contribution in [3.05, 3.63) is 53.9 Å². The third-order valence-electron chi connectivity index (χ3n) is 5.10. The monoisotopic (exact) mass is 381 g/mol. The number of nitrogens with zero attached hydrogens (tertiary/aromatic N) is 6. The second-order valence-corrected chi connectivity index (χ2v) is 10.9. The van der Waals surface area contributed by atoms with Crippen molar-refractivity contribution in [1.29, 1.82) is 0 Å². The Morgan fingerprint density at radius 3 is 0.964 bits per heavy atom. The summed E-state index contributed by atoms with van der Waals surface area (Å²) in [5.74, 6) is 0. The van der Waals surface area contributed by atoms with Crippen LogP contribution in [0.4, 0.5) is 0 Å². The van der Waals surface area contributed by atoms with Crippen LogP contribution in [0, 0.1) is 0 Å². The molecular formula is C21H34BN6-. The zero-order valence-electron chi connectivity index (χ0n) is 18.9. The van der Waals surface area contributed by atoms with Crippen molar-refractivity contribution >= 4 is 7.12 Å². The molecule has 0 saturated carbocycles. The van der Waals surface area contributed by atoms with E-state index in [1.807, 2.05) is 13.8 Å². The topological polar surface area (TPSA) is 53.5 Å². The van der Waals surface area contributed by atoms with Crippen LogP contribution in [0.25, 0.3) is 0 Å². The first-order valence-electron chi connectivity index (χ1n) is 10.1. The van der Waals surface area contributed by atoms with Gasteiger partial charge in [-0.1, -0.05) is 62.3 Å². The van der Waals surface area contributed by atoms with Gasteiger partial charge in [-0.2, -0.15) is 0 Å². The average molecular weight is 381 g/mol. The van der Waals surface area contributed by atoms with Gasteiger partial charge in [0.1, 0.15) is 0 Å². The second-order valence-electron chi connectivity index (χ2n) is 10.9. The first-order valence-corrected chi connectivity index (χ1v) is 10.1. The molecule has 0 fully saturated rings. The van der Waals surface area contributed by atoms with Crippen molar-refractivity contribution in [3.63, 3.8) is 0 Å². The lowest BCUT2D eigenvalue weighted by molar-refractivity contribution is 0.551. The highest BCUT2D eigenvalue weighted by molar-refractivity contribution is 6.52. The summed E-state index contributed by atoms with van der Waals surface area (Å²) in [7, 11) is -1.34. The van der Waals surface area contributed by atoms with Crippen LogP contribution >= 0.6 is 0 Å². The molecule has 0 saturated heterocycles. The van der Waals surface area contributed by atoms with Gasteiger partial charge in [-0.05, 0) is 36.8 Å². The molecule has 0 spiro atoms. The molecule has 0 aliphatic heterocycles. The molecule has 0 unspecified atom stereocenters. The fourth-order valence-corrected chi connectivity index (χ4v) is 3.20. The third-order valence-corrected chi connectivity index (χ3v) is 5.10. The van der Waals surface area contributed by atoms with Gasteiger partial charge in [0.2, 0.25) is 0 Å². The van der Waals surface area contributed by atoms with Crippen LogP contribution < -0.4 is 0 Å². The Hall–Kier alpha value is -2.31. The Labute approximate surface area is 169 Å². The average Bonchev–Trinajstić information content (AvgIpc) is 3.26. The van der Waals surface area contributed by atoms with Crippen molar-refractivity contribution in [3.8, 4) is 0 Å². The van der Waals surface area contributed by atoms with Gasteiger partial charge in [0.05, 0.1) is 17.1 Å². The van der Waals surface area contributed by atoms with Crippen LogP contribution in [0.2, 0.25) is 0 Å². The molecule has 3 heterocycles. The van der Waals surface area contributed by atoms with Crippen molar-refractivity contribution in [2.24, 2.45) is 0 Å². The van der Waals surface area contributed by atoms with Crippen LogP contribution in [-0.4, -0.2) is 36.2 Å². The lowest BCUT2D eigenvalue weighted by Crippen LogP contribution is -2.43. The standard InChI is InChI=1S/C21H34BN6/c1-19(2,3)16-10-13-26(23-16)22(27-14-11-17(24-27)20(4,5)6)28-15-12-18(25-28)21(7,8)9/h10-15,22H,1-9H3/q-1. The van der Waals surface area contributed by atoms with Gasteiger partial charge in [0.25, 0.3) is 0 Å². The van der Waals surface area contributed by atoms with E-state index in [9.17, 15) is 0 Å². The molecule has 0 atom stereocenters. The molecule has 3 rings (SSSR count). The van der Waals surface area contributed by atoms with Crippen LogP contribution in [-0.2, 0) is 16.2 Å². The molecule has 152 valence electrons. The van der Waals surface area contributed by atoms with Crippen molar-refractivity contribution in [1.82, 2.24) is 29.1 Å². The second kappa shape index (κ2) is 6.64. The minimum Gasteiger partial charge on any atom is -0.403 e. The summed E-state index contributed by atoms with van der Waals surface area (Å²) in [6.45, 7) is 19.6. The molecule has 0 aliphatic rings. The van der Waals surface area contributed by atoms with Crippen LogP contribution in [0.3, 0.4) is 0 Å². The third kappa shape index (κ3) is 4.08. The zero-order valence-corrected chi connectivity index (χ0v) is 18.9. The van der Waals surface area contributed by atoms with E-state index in [0.717, 1.165) is 17.1 Å². The first-order chi connectivity index (χ1) is 12.8. The Balaban J connectivity index is 2.10. The molecule has 0 N–H and O–H groups in total. The van der Waals surface area contributed by atoms with Gasteiger partial charge in [0.15, 0.2) is 0 Å². The fourth-order valence-electron chi connectivity index (χ4n) is 3.20. The Morgan fingerprint density at radius 1 is 0.536 bits per heavy atom. The molecule has 0 amide bonds. The summed E-state index contributed by atoms with van der Waals surface area (Å²) in [4.78, 5) is 0. The van der Waals surface area contributed by atoms with Crippen molar-refractivity contribution in [2.75, 3.05) is 0 Å². The van der Waals surface area contributed by atoms with E-state index in [0.29, 0.717) is 0 Å². The molecule has 3 aromatic rings. The fraction of sp³-hybridized carbons (Fsp3) is 0.571. The van der Waals surface area contributed by atoms with Crippen molar-refractivity contribution < 1.29 is 0 Å². The number of hydrogen-bond acceptors (Lipinski definition) is 3. The summed E-state index contributed by atoms with van der Waals surface area (Å²) in [5, 5.41) is 14.7. The lowest BCUT2D eigenvalue weighted by atomic mass is 9.93. The maximum atomic E-state index is 4.91. The number of rotatable bonds is 3. The maximum absolute atomic E-state index is 4.91. The molecule has 0 aromatic carbocycles. The van der Waals surface area contributed by atoms with E-state index in [1.54, 1.807) is 0 Å². The van der Waals surface area contributed by atoms with E-state index in [-0.39, 0.29) is 16.2 Å². The molecule has 28 heavy (non-hydrogen) atoms. The highest BCUT2D eigenvalue weighted by Crippen LogP contribution is 2.23. The van der Waals surface area contributed by atoms with Crippen LogP contribution in [0.1, 0.15) is 79.4 Å². The molecular weight excluding hydrogens is 347 g/mol. The molecule has 0 radical (unpaired) electrons. The molecule has 7 heteroatoms. The minimum atomic E-state index is -1.34. The van der Waals surface area contributed by atoms with Gasteiger partial charge in [-0.3, -0.25) is 0 Å². The Kier molecular flexibility index (Phi) is 4.84. The molecule has 0 bridgehead atoms. The van der Waals surface area contributed by atoms with Gasteiger partial charge in [-0.15, -0.1) is 0 Å². The number of aromatic nitrogens is 6. The highest BCUT2D eigenvalue weighted by Gasteiger charge is 2.23. The van der Waals surface area contributed by atoms with Crippen molar-refractivity contribution in [2.45, 2.75) is 78.6 Å². The SMILES string of the molecule is CC(C)(C)c1ccn([BH-](n2ccc(C(C)(C)C)n2)n2ccc(C(C)(C)C)n2)n1. The smallest absolute Gasteiger partial charge is 0.326 e. The van der Waals surface area contributed by atoms with Gasteiger partial charge in [-0.25, -0.2) is 15.3 Å². The van der Waals surface area contributed by atoms with Gasteiger partial charge in [0, 0.05) is 16.2 Å². The summed E-state index contributed by atoms with van der Waals surface area (Å²) in [5.41, 5.74) is 3.19. The van der Waals surface area contributed by atoms with Crippen LogP contribution in [0.15, 0.2) is 36.8 Å². The minimum absolute atomic E-state index is 0.00336. The van der Waals surface area contributed by atoms with E-state index in [1.165, 1.54) is 0 Å². The summed E-state index contributed by atoms with van der Waals surface area (Å²) in [6.07, 6.45) is 6.16. The molecule has 0 aliphatic carbocycles. The van der Waals surface area contributed by atoms with Gasteiger partial charge >= 0.3 is 7.12 Å². The van der Waals surface area contributed by atoms with E-state index >= 15 is 0 Å². The number of hydrogen-bond donors (Lipinski definition) is 0. The summed E-state index contributed by atoms with van der Waals surface area (Å²) >= 11 is 0. The molecule has 6 nitrogen and oxygen atoms in total. The quantitative estimate of drug-likeness (QED) is 0.648. The summed E-state index contributed by atoms with van der Waals surface area (Å²) in [6, 6.07) is 6.30. The highest BCUT2D eigenvalue weighted by atomic mass is 15.4.